The highest BCUT2D eigenvalue weighted by Crippen LogP contribution is 2.73. The highest BCUT2D eigenvalue weighted by atomic mass is 31.2. The van der Waals surface area contributed by atoms with Crippen LogP contribution in [0.4, 0.5) is 0 Å². The predicted molar refractivity (Wildman–Crippen MR) is 112 cm³/mol. The summed E-state index contributed by atoms with van der Waals surface area (Å²) >= 11 is 0. The second-order valence-electron chi connectivity index (χ2n) is 8.07. The molecule has 0 aromatic heterocycles. The molecule has 0 saturated carbocycles. The van der Waals surface area contributed by atoms with Crippen LogP contribution in [0.1, 0.15) is 99.3 Å². The van der Waals surface area contributed by atoms with Crippen molar-refractivity contribution in [1.29, 1.82) is 0 Å². The summed E-state index contributed by atoms with van der Waals surface area (Å²) in [5, 5.41) is 0.538. The van der Waals surface area contributed by atoms with Crippen LogP contribution >= 0.6 is 7.26 Å². The molecule has 140 valence electrons. The van der Waals surface area contributed by atoms with Gasteiger partial charge in [-0.25, -0.2) is 0 Å². The molecule has 0 amide bonds. The molecule has 2 N–H and O–H groups in total. The van der Waals surface area contributed by atoms with Crippen molar-refractivity contribution in [1.82, 2.24) is 0 Å². The topological polar surface area (TPSA) is 26.0 Å². The molecule has 23 heavy (non-hydrogen) atoms. The smallest absolute Gasteiger partial charge is 0.0771 e. The number of rotatable bonds is 15. The summed E-state index contributed by atoms with van der Waals surface area (Å²) in [7, 11) is -0.902. The van der Waals surface area contributed by atoms with Gasteiger partial charge in [-0.1, -0.05) is 47.0 Å². The quantitative estimate of drug-likeness (QED) is 0.320. The molecule has 0 spiro atoms. The highest BCUT2D eigenvalue weighted by Gasteiger charge is 2.53. The molecule has 2 heteroatoms. The fourth-order valence-corrected chi connectivity index (χ4v) is 10.6. The maximum atomic E-state index is 5.83. The Labute approximate surface area is 148 Å². The summed E-state index contributed by atoms with van der Waals surface area (Å²) in [5.74, 6) is 0.866. The van der Waals surface area contributed by atoms with Crippen LogP contribution in [-0.4, -0.2) is 30.2 Å². The largest absolute Gasteiger partial charge is 0.330 e. The Bertz CT molecular complexity index is 253. The van der Waals surface area contributed by atoms with Gasteiger partial charge in [-0.15, -0.1) is 0 Å². The molecule has 0 aliphatic heterocycles. The molecule has 1 atom stereocenters. The van der Waals surface area contributed by atoms with Crippen molar-refractivity contribution in [3.8, 4) is 0 Å². The molecule has 0 rings (SSSR count). The van der Waals surface area contributed by atoms with Crippen LogP contribution in [0.2, 0.25) is 0 Å². The van der Waals surface area contributed by atoms with Crippen LogP contribution in [0, 0.1) is 5.92 Å². The van der Waals surface area contributed by atoms with Crippen molar-refractivity contribution in [2.45, 2.75) is 104 Å². The van der Waals surface area contributed by atoms with Crippen LogP contribution in [0.5, 0.6) is 0 Å². The van der Waals surface area contributed by atoms with Crippen LogP contribution in [0.3, 0.4) is 0 Å². The number of unbranched alkanes of at least 4 members (excludes halogenated alkanes) is 3. The van der Waals surface area contributed by atoms with Crippen LogP contribution in [0.15, 0.2) is 0 Å². The molecule has 0 aromatic carbocycles. The Morgan fingerprint density at radius 3 is 1.52 bits per heavy atom. The Balaban J connectivity index is 5.49. The van der Waals surface area contributed by atoms with Gasteiger partial charge in [-0.2, -0.15) is 0 Å². The van der Waals surface area contributed by atoms with E-state index < -0.39 is 7.26 Å². The first-order valence-electron chi connectivity index (χ1n) is 10.5. The molecule has 1 unspecified atom stereocenters. The molecule has 0 heterocycles. The van der Waals surface area contributed by atoms with E-state index >= 15 is 0 Å². The lowest BCUT2D eigenvalue weighted by Gasteiger charge is -2.46. The first-order chi connectivity index (χ1) is 11.0. The Morgan fingerprint density at radius 2 is 1.22 bits per heavy atom. The number of hydrogen-bond acceptors (Lipinski definition) is 1. The summed E-state index contributed by atoms with van der Waals surface area (Å²) in [5.41, 5.74) is 5.83. The van der Waals surface area contributed by atoms with Crippen LogP contribution in [0.25, 0.3) is 0 Å². The maximum Gasteiger partial charge on any atom is 0.0771 e. The van der Waals surface area contributed by atoms with Gasteiger partial charge in [-0.3, -0.25) is 0 Å². The highest BCUT2D eigenvalue weighted by molar-refractivity contribution is 7.77. The first-order valence-corrected chi connectivity index (χ1v) is 12.9. The van der Waals surface area contributed by atoms with Gasteiger partial charge in [-0.05, 0) is 64.8 Å². The molecular weight excluding hydrogens is 297 g/mol. The maximum absolute atomic E-state index is 5.83. The average molecular weight is 345 g/mol. The molecule has 0 saturated heterocycles. The fourth-order valence-electron chi connectivity index (χ4n) is 4.39. The van der Waals surface area contributed by atoms with Crippen molar-refractivity contribution in [2.24, 2.45) is 11.7 Å². The minimum absolute atomic E-state index is 0.538. The predicted octanol–water partition coefficient (Wildman–Crippen LogP) is 6.95. The van der Waals surface area contributed by atoms with Crippen molar-refractivity contribution in [3.63, 3.8) is 0 Å². The Morgan fingerprint density at radius 1 is 0.783 bits per heavy atom. The van der Waals surface area contributed by atoms with E-state index in [1.165, 1.54) is 76.3 Å². The minimum atomic E-state index is -0.902. The van der Waals surface area contributed by atoms with E-state index in [0.717, 1.165) is 12.5 Å². The van der Waals surface area contributed by atoms with Crippen LogP contribution < -0.4 is 5.73 Å². The van der Waals surface area contributed by atoms with Crippen molar-refractivity contribution in [3.05, 3.63) is 0 Å². The summed E-state index contributed by atoms with van der Waals surface area (Å²) in [6.07, 6.45) is 16.9. The average Bonchev–Trinajstić information content (AvgIpc) is 2.54. The second-order valence-corrected chi connectivity index (χ2v) is 12.9. The van der Waals surface area contributed by atoms with Gasteiger partial charge in [0.15, 0.2) is 0 Å². The standard InChI is InChI=1S/C21H47NP/c1-7-11-17-23(18-12-8-2,19-13-9-3)21(5,6)20(10-4)15-14-16-22/h20H,7-19,22H2,1-6H3/q+1. The van der Waals surface area contributed by atoms with Crippen molar-refractivity contribution < 1.29 is 0 Å². The molecular formula is C21H47NP+. The van der Waals surface area contributed by atoms with Crippen LogP contribution in [-0.2, 0) is 0 Å². The third-order valence-electron chi connectivity index (χ3n) is 6.29. The summed E-state index contributed by atoms with van der Waals surface area (Å²) in [6.45, 7) is 15.7. The van der Waals surface area contributed by atoms with E-state index in [1.807, 2.05) is 0 Å². The van der Waals surface area contributed by atoms with Gasteiger partial charge in [0.2, 0.25) is 0 Å². The van der Waals surface area contributed by atoms with E-state index in [4.69, 9.17) is 5.73 Å². The third kappa shape index (κ3) is 7.03. The lowest BCUT2D eigenvalue weighted by Crippen LogP contribution is -2.38. The number of hydrogen-bond donors (Lipinski definition) is 1. The second kappa shape index (κ2) is 12.7. The van der Waals surface area contributed by atoms with Gasteiger partial charge < -0.3 is 5.73 Å². The zero-order valence-electron chi connectivity index (χ0n) is 17.3. The van der Waals surface area contributed by atoms with E-state index in [-0.39, 0.29) is 0 Å². The van der Waals surface area contributed by atoms with Gasteiger partial charge in [0.25, 0.3) is 0 Å². The summed E-state index contributed by atoms with van der Waals surface area (Å²) in [4.78, 5) is 0. The lowest BCUT2D eigenvalue weighted by molar-refractivity contribution is 0.363. The fraction of sp³-hybridized carbons (Fsp3) is 1.00. The van der Waals surface area contributed by atoms with Crippen molar-refractivity contribution in [2.75, 3.05) is 25.0 Å². The molecule has 0 fully saturated rings. The van der Waals surface area contributed by atoms with Gasteiger partial charge >= 0.3 is 0 Å². The monoisotopic (exact) mass is 344 g/mol. The molecule has 0 aromatic rings. The first kappa shape index (κ1) is 23.4. The number of nitrogens with two attached hydrogens (primary N) is 1. The summed E-state index contributed by atoms with van der Waals surface area (Å²) in [6, 6.07) is 0. The van der Waals surface area contributed by atoms with Crippen molar-refractivity contribution >= 4 is 7.26 Å². The van der Waals surface area contributed by atoms with E-state index in [2.05, 4.69) is 41.5 Å². The molecule has 0 radical (unpaired) electrons. The Hall–Kier alpha value is 0.390. The Kier molecular flexibility index (Phi) is 12.9. The molecule has 0 bridgehead atoms. The third-order valence-corrected chi connectivity index (χ3v) is 12.6. The SMILES string of the molecule is CCCC[P+](CCCC)(CCCC)C(C)(C)C(CC)CCCN. The molecule has 0 aliphatic rings. The zero-order chi connectivity index (χ0) is 17.8. The zero-order valence-corrected chi connectivity index (χ0v) is 18.2. The summed E-state index contributed by atoms with van der Waals surface area (Å²) < 4.78 is 0. The minimum Gasteiger partial charge on any atom is -0.330 e. The normalized spacial score (nSPS) is 14.2. The molecule has 1 nitrogen and oxygen atoms in total. The van der Waals surface area contributed by atoms with E-state index in [1.54, 1.807) is 0 Å². The van der Waals surface area contributed by atoms with Gasteiger partial charge in [0.05, 0.1) is 23.6 Å². The van der Waals surface area contributed by atoms with Gasteiger partial charge in [0.1, 0.15) is 0 Å². The van der Waals surface area contributed by atoms with E-state index in [9.17, 15) is 0 Å². The van der Waals surface area contributed by atoms with Gasteiger partial charge in [0, 0.05) is 7.26 Å². The molecule has 0 aliphatic carbocycles. The van der Waals surface area contributed by atoms with E-state index in [0.29, 0.717) is 5.16 Å². The lowest BCUT2D eigenvalue weighted by atomic mass is 9.88.